The van der Waals surface area contributed by atoms with Crippen molar-refractivity contribution in [3.8, 4) is 17.2 Å². The predicted molar refractivity (Wildman–Crippen MR) is 136 cm³/mol. The Balaban J connectivity index is 0.00000324. The topological polar surface area (TPSA) is 73.4 Å². The Hall–Kier alpha value is -2.59. The van der Waals surface area contributed by atoms with E-state index in [9.17, 15) is 4.79 Å². The highest BCUT2D eigenvalue weighted by Gasteiger charge is 2.21. The van der Waals surface area contributed by atoms with Crippen LogP contribution >= 0.6 is 23.7 Å². The first kappa shape index (κ1) is 26.0. The van der Waals surface area contributed by atoms with Gasteiger partial charge in [-0.1, -0.05) is 17.4 Å². The van der Waals surface area contributed by atoms with Crippen LogP contribution in [0.15, 0.2) is 42.5 Å². The second-order valence-electron chi connectivity index (χ2n) is 7.65. The van der Waals surface area contributed by atoms with Crippen LogP contribution in [0, 0.1) is 0 Å². The first-order valence-electron chi connectivity index (χ1n) is 11.0. The molecule has 0 radical (unpaired) electrons. The number of hydrogen-bond acceptors (Lipinski definition) is 8. The maximum absolute atomic E-state index is 13.2. The molecule has 1 aliphatic rings. The lowest BCUT2D eigenvalue weighted by Crippen LogP contribution is -2.40. The van der Waals surface area contributed by atoms with Crippen LogP contribution in [-0.4, -0.2) is 76.0 Å². The summed E-state index contributed by atoms with van der Waals surface area (Å²) in [5.74, 6) is 1.88. The maximum Gasteiger partial charge on any atom is 0.266 e. The van der Waals surface area contributed by atoms with Crippen LogP contribution in [0.3, 0.4) is 0 Å². The Labute approximate surface area is 209 Å². The van der Waals surface area contributed by atoms with Gasteiger partial charge in [0.25, 0.3) is 5.91 Å². The summed E-state index contributed by atoms with van der Waals surface area (Å²) >= 11 is 1.50. The number of hydrogen-bond donors (Lipinski definition) is 0. The van der Waals surface area contributed by atoms with E-state index >= 15 is 0 Å². The summed E-state index contributed by atoms with van der Waals surface area (Å²) < 4.78 is 22.8. The molecule has 1 amide bonds. The molecule has 2 heterocycles. The Kier molecular flexibility index (Phi) is 9.76. The van der Waals surface area contributed by atoms with Gasteiger partial charge in [0, 0.05) is 38.3 Å². The number of carbonyl (C=O) groups excluding carboxylic acids is 1. The van der Waals surface area contributed by atoms with Crippen LogP contribution in [0.4, 0.5) is 5.13 Å². The lowest BCUT2D eigenvalue weighted by Gasteiger charge is -2.27. The van der Waals surface area contributed by atoms with Crippen molar-refractivity contribution < 1.29 is 23.7 Å². The number of fused-ring (bicyclic) bond motifs is 1. The lowest BCUT2D eigenvalue weighted by molar-refractivity contribution is -0.120. The zero-order valence-corrected chi connectivity index (χ0v) is 21.0. The molecule has 2 aromatic carbocycles. The Morgan fingerprint density at radius 1 is 1.09 bits per heavy atom. The molecule has 0 atom stereocenters. The number of rotatable bonds is 10. The highest BCUT2D eigenvalue weighted by atomic mass is 35.5. The van der Waals surface area contributed by atoms with Crippen molar-refractivity contribution in [3.05, 3.63) is 42.5 Å². The number of aromatic nitrogens is 1. The van der Waals surface area contributed by atoms with Crippen molar-refractivity contribution in [2.24, 2.45) is 0 Å². The first-order valence-corrected chi connectivity index (χ1v) is 11.8. The van der Waals surface area contributed by atoms with E-state index in [-0.39, 0.29) is 24.9 Å². The molecule has 10 heteroatoms. The number of halogens is 1. The molecule has 34 heavy (non-hydrogen) atoms. The third-order valence-electron chi connectivity index (χ3n) is 5.48. The monoisotopic (exact) mass is 507 g/mol. The molecule has 0 saturated carbocycles. The normalized spacial score (nSPS) is 13.8. The van der Waals surface area contributed by atoms with Gasteiger partial charge >= 0.3 is 0 Å². The van der Waals surface area contributed by atoms with Crippen LogP contribution in [0.5, 0.6) is 17.2 Å². The second-order valence-corrected chi connectivity index (χ2v) is 8.66. The molecule has 8 nitrogen and oxygen atoms in total. The van der Waals surface area contributed by atoms with Gasteiger partial charge < -0.3 is 18.9 Å². The molecule has 0 unspecified atom stereocenters. The fourth-order valence-electron chi connectivity index (χ4n) is 3.66. The average molecular weight is 508 g/mol. The number of methoxy groups -OCH3 is 2. The zero-order chi connectivity index (χ0) is 23.0. The molecule has 4 rings (SSSR count). The molecule has 0 N–H and O–H groups in total. The molecular formula is C24H30ClN3O5S. The molecule has 0 bridgehead atoms. The van der Waals surface area contributed by atoms with E-state index in [1.54, 1.807) is 25.2 Å². The summed E-state index contributed by atoms with van der Waals surface area (Å²) in [4.78, 5) is 22.1. The number of nitrogens with zero attached hydrogens (tertiary/aromatic N) is 3. The Morgan fingerprint density at radius 2 is 1.82 bits per heavy atom. The second kappa shape index (κ2) is 12.8. The van der Waals surface area contributed by atoms with Gasteiger partial charge in [-0.15, -0.1) is 12.4 Å². The number of thiazole rings is 1. The van der Waals surface area contributed by atoms with Crippen LogP contribution < -0.4 is 19.1 Å². The van der Waals surface area contributed by atoms with Crippen molar-refractivity contribution >= 4 is 45.0 Å². The maximum atomic E-state index is 13.2. The van der Waals surface area contributed by atoms with Crippen molar-refractivity contribution in [1.29, 1.82) is 0 Å². The summed E-state index contributed by atoms with van der Waals surface area (Å²) in [6, 6.07) is 13.0. The number of anilines is 1. The van der Waals surface area contributed by atoms with E-state index in [0.29, 0.717) is 23.2 Å². The molecular weight excluding hydrogens is 478 g/mol. The van der Waals surface area contributed by atoms with Crippen molar-refractivity contribution in [3.63, 3.8) is 0 Å². The minimum Gasteiger partial charge on any atom is -0.497 e. The fraction of sp³-hybridized carbons (Fsp3) is 0.417. The lowest BCUT2D eigenvalue weighted by atomic mass is 10.3. The molecule has 1 saturated heterocycles. The number of benzene rings is 2. The molecule has 1 fully saturated rings. The van der Waals surface area contributed by atoms with Gasteiger partial charge in [-0.25, -0.2) is 4.98 Å². The fourth-order valence-corrected chi connectivity index (χ4v) is 4.64. The van der Waals surface area contributed by atoms with Gasteiger partial charge in [-0.3, -0.25) is 14.6 Å². The smallest absolute Gasteiger partial charge is 0.266 e. The van der Waals surface area contributed by atoms with Crippen LogP contribution in [-0.2, 0) is 9.53 Å². The molecule has 184 valence electrons. The number of morpholine rings is 1. The molecule has 1 aliphatic heterocycles. The third kappa shape index (κ3) is 6.73. The van der Waals surface area contributed by atoms with E-state index < -0.39 is 0 Å². The zero-order valence-electron chi connectivity index (χ0n) is 19.4. The number of carbonyl (C=O) groups is 1. The predicted octanol–water partition coefficient (Wildman–Crippen LogP) is 3.87. The quantitative estimate of drug-likeness (QED) is 0.412. The summed E-state index contributed by atoms with van der Waals surface area (Å²) in [5, 5.41) is 0.666. The summed E-state index contributed by atoms with van der Waals surface area (Å²) in [7, 11) is 3.23. The molecule has 1 aromatic heterocycles. The van der Waals surface area contributed by atoms with Gasteiger partial charge in [0.1, 0.15) is 17.2 Å². The highest BCUT2D eigenvalue weighted by molar-refractivity contribution is 7.22. The van der Waals surface area contributed by atoms with Gasteiger partial charge in [-0.2, -0.15) is 0 Å². The van der Waals surface area contributed by atoms with Crippen molar-refractivity contribution in [2.45, 2.75) is 6.42 Å². The van der Waals surface area contributed by atoms with E-state index in [1.807, 2.05) is 36.4 Å². The van der Waals surface area contributed by atoms with Crippen LogP contribution in [0.2, 0.25) is 0 Å². The summed E-state index contributed by atoms with van der Waals surface area (Å²) in [6.45, 7) is 4.76. The summed E-state index contributed by atoms with van der Waals surface area (Å²) in [5.41, 5.74) is 0.814. The average Bonchev–Trinajstić information content (AvgIpc) is 3.28. The minimum atomic E-state index is -0.134. The first-order chi connectivity index (χ1) is 16.2. The van der Waals surface area contributed by atoms with Crippen LogP contribution in [0.25, 0.3) is 10.2 Å². The Morgan fingerprint density at radius 3 is 2.59 bits per heavy atom. The largest absolute Gasteiger partial charge is 0.497 e. The van der Waals surface area contributed by atoms with E-state index in [2.05, 4.69) is 4.90 Å². The van der Waals surface area contributed by atoms with Gasteiger partial charge in [0.2, 0.25) is 0 Å². The van der Waals surface area contributed by atoms with Crippen molar-refractivity contribution in [2.75, 3.05) is 65.1 Å². The Bertz CT molecular complexity index is 1070. The van der Waals surface area contributed by atoms with Crippen LogP contribution in [0.1, 0.15) is 6.42 Å². The van der Waals surface area contributed by atoms with Gasteiger partial charge in [0.05, 0.1) is 37.6 Å². The van der Waals surface area contributed by atoms with Gasteiger partial charge in [-0.05, 0) is 30.7 Å². The highest BCUT2D eigenvalue weighted by Crippen LogP contribution is 2.31. The standard InChI is InChI=1S/C24H29N3O5S.ClH/c1-29-18-5-3-6-20(15-18)32-17-23(28)27(10-4-9-26-11-13-31-14-12-26)24-25-21-16-19(30-2)7-8-22(21)33-24;/h3,5-8,15-16H,4,9-14,17H2,1-2H3;1H. The third-order valence-corrected chi connectivity index (χ3v) is 6.54. The number of ether oxygens (including phenoxy) is 4. The molecule has 0 spiro atoms. The van der Waals surface area contributed by atoms with E-state index in [0.717, 1.165) is 55.2 Å². The SMILES string of the molecule is COc1cccc(OCC(=O)N(CCCN2CCOCC2)c2nc3cc(OC)ccc3s2)c1.Cl. The van der Waals surface area contributed by atoms with E-state index in [4.69, 9.17) is 23.9 Å². The van der Waals surface area contributed by atoms with Crippen molar-refractivity contribution in [1.82, 2.24) is 9.88 Å². The molecule has 3 aromatic rings. The molecule has 0 aliphatic carbocycles. The summed E-state index contributed by atoms with van der Waals surface area (Å²) in [6.07, 6.45) is 0.837. The van der Waals surface area contributed by atoms with E-state index in [1.165, 1.54) is 11.3 Å². The minimum absolute atomic E-state index is 0. The van der Waals surface area contributed by atoms with Gasteiger partial charge in [0.15, 0.2) is 11.7 Å². The number of amides is 1.